The molecule has 0 aliphatic carbocycles. The second-order valence-electron chi connectivity index (χ2n) is 5.63. The van der Waals surface area contributed by atoms with E-state index in [9.17, 15) is 4.79 Å². The van der Waals surface area contributed by atoms with Gasteiger partial charge in [0.05, 0.1) is 0 Å². The van der Waals surface area contributed by atoms with Crippen LogP contribution in [0, 0.1) is 26.7 Å². The fraction of sp³-hybridized carbons (Fsp3) is 0.562. The van der Waals surface area contributed by atoms with Gasteiger partial charge in [-0.2, -0.15) is 0 Å². The molecule has 1 heterocycles. The van der Waals surface area contributed by atoms with Crippen molar-refractivity contribution in [1.82, 2.24) is 5.32 Å². The maximum absolute atomic E-state index is 12.1. The van der Waals surface area contributed by atoms with Crippen LogP contribution < -0.4 is 10.6 Å². The van der Waals surface area contributed by atoms with E-state index in [1.54, 1.807) is 0 Å². The van der Waals surface area contributed by atoms with Gasteiger partial charge in [-0.25, -0.2) is 0 Å². The molecule has 1 aromatic carbocycles. The zero-order valence-electron chi connectivity index (χ0n) is 12.2. The Morgan fingerprint density at radius 1 is 1.21 bits per heavy atom. The average molecular weight is 260 g/mol. The molecule has 0 atom stereocenters. The van der Waals surface area contributed by atoms with Gasteiger partial charge in [-0.1, -0.05) is 6.07 Å². The van der Waals surface area contributed by atoms with Crippen molar-refractivity contribution in [1.29, 1.82) is 0 Å². The SMILES string of the molecule is Cc1ccc(NC(=O)CC2CCNCC2)c(C)c1C. The van der Waals surface area contributed by atoms with Gasteiger partial charge in [0.15, 0.2) is 0 Å². The highest BCUT2D eigenvalue weighted by Crippen LogP contribution is 2.23. The predicted molar refractivity (Wildman–Crippen MR) is 79.5 cm³/mol. The Morgan fingerprint density at radius 2 is 1.89 bits per heavy atom. The molecule has 1 saturated heterocycles. The minimum Gasteiger partial charge on any atom is -0.326 e. The summed E-state index contributed by atoms with van der Waals surface area (Å²) in [5.74, 6) is 0.686. The highest BCUT2D eigenvalue weighted by atomic mass is 16.1. The summed E-state index contributed by atoms with van der Waals surface area (Å²) in [6, 6.07) is 4.08. The van der Waals surface area contributed by atoms with Gasteiger partial charge in [-0.05, 0) is 75.4 Å². The standard InChI is InChI=1S/C16H24N2O/c1-11-4-5-15(13(3)12(11)2)18-16(19)10-14-6-8-17-9-7-14/h4-5,14,17H,6-10H2,1-3H3,(H,18,19). The van der Waals surface area contributed by atoms with Crippen LogP contribution in [0.25, 0.3) is 0 Å². The molecule has 1 aromatic rings. The van der Waals surface area contributed by atoms with Gasteiger partial charge in [0.1, 0.15) is 0 Å². The molecule has 0 aromatic heterocycles. The van der Waals surface area contributed by atoms with Crippen molar-refractivity contribution in [2.75, 3.05) is 18.4 Å². The van der Waals surface area contributed by atoms with Crippen LogP contribution in [0.4, 0.5) is 5.69 Å². The van der Waals surface area contributed by atoms with Crippen LogP contribution in [-0.4, -0.2) is 19.0 Å². The van der Waals surface area contributed by atoms with E-state index in [0.29, 0.717) is 12.3 Å². The summed E-state index contributed by atoms with van der Waals surface area (Å²) in [5, 5.41) is 6.39. The molecule has 1 amide bonds. The van der Waals surface area contributed by atoms with Crippen molar-refractivity contribution in [2.24, 2.45) is 5.92 Å². The predicted octanol–water partition coefficient (Wildman–Crippen LogP) is 2.94. The largest absolute Gasteiger partial charge is 0.326 e. The van der Waals surface area contributed by atoms with Gasteiger partial charge < -0.3 is 10.6 Å². The molecule has 0 bridgehead atoms. The molecule has 0 spiro atoms. The number of amides is 1. The number of nitrogens with one attached hydrogen (secondary N) is 2. The van der Waals surface area contributed by atoms with Crippen LogP contribution >= 0.6 is 0 Å². The number of aryl methyl sites for hydroxylation is 1. The van der Waals surface area contributed by atoms with Crippen molar-refractivity contribution in [3.63, 3.8) is 0 Å². The monoisotopic (exact) mass is 260 g/mol. The Labute approximate surface area is 115 Å². The van der Waals surface area contributed by atoms with Crippen LogP contribution in [0.15, 0.2) is 12.1 Å². The first-order valence-electron chi connectivity index (χ1n) is 7.15. The Morgan fingerprint density at radius 3 is 2.58 bits per heavy atom. The summed E-state index contributed by atoms with van der Waals surface area (Å²) in [6.07, 6.45) is 2.87. The Bertz CT molecular complexity index is 462. The number of hydrogen-bond acceptors (Lipinski definition) is 2. The van der Waals surface area contributed by atoms with E-state index in [2.05, 4.69) is 37.5 Å². The highest BCUT2D eigenvalue weighted by molar-refractivity contribution is 5.91. The zero-order chi connectivity index (χ0) is 13.8. The fourth-order valence-corrected chi connectivity index (χ4v) is 2.64. The summed E-state index contributed by atoms with van der Waals surface area (Å²) < 4.78 is 0. The van der Waals surface area contributed by atoms with Crippen LogP contribution in [0.5, 0.6) is 0 Å². The smallest absolute Gasteiger partial charge is 0.224 e. The van der Waals surface area contributed by atoms with E-state index in [-0.39, 0.29) is 5.91 Å². The van der Waals surface area contributed by atoms with Gasteiger partial charge >= 0.3 is 0 Å². The number of carbonyl (C=O) groups excluding carboxylic acids is 1. The van der Waals surface area contributed by atoms with Crippen molar-refractivity contribution >= 4 is 11.6 Å². The van der Waals surface area contributed by atoms with Crippen molar-refractivity contribution in [3.05, 3.63) is 28.8 Å². The van der Waals surface area contributed by atoms with Gasteiger partial charge in [-0.3, -0.25) is 4.79 Å². The molecule has 2 rings (SSSR count). The summed E-state index contributed by atoms with van der Waals surface area (Å²) in [7, 11) is 0. The minimum absolute atomic E-state index is 0.151. The van der Waals surface area contributed by atoms with E-state index in [0.717, 1.165) is 31.6 Å². The molecule has 0 saturated carbocycles. The summed E-state index contributed by atoms with van der Waals surface area (Å²) in [5.41, 5.74) is 4.68. The molecule has 104 valence electrons. The first kappa shape index (κ1) is 14.1. The van der Waals surface area contributed by atoms with Gasteiger partial charge in [0.25, 0.3) is 0 Å². The van der Waals surface area contributed by atoms with Crippen molar-refractivity contribution in [2.45, 2.75) is 40.0 Å². The lowest BCUT2D eigenvalue weighted by atomic mass is 9.94. The van der Waals surface area contributed by atoms with Crippen molar-refractivity contribution < 1.29 is 4.79 Å². The summed E-state index contributed by atoms with van der Waals surface area (Å²) >= 11 is 0. The number of anilines is 1. The first-order chi connectivity index (χ1) is 9.08. The highest BCUT2D eigenvalue weighted by Gasteiger charge is 2.17. The van der Waals surface area contributed by atoms with E-state index in [4.69, 9.17) is 0 Å². The summed E-state index contributed by atoms with van der Waals surface area (Å²) in [4.78, 5) is 12.1. The molecule has 3 heteroatoms. The molecular formula is C16H24N2O. The topological polar surface area (TPSA) is 41.1 Å². The number of rotatable bonds is 3. The van der Waals surface area contributed by atoms with E-state index < -0.39 is 0 Å². The minimum atomic E-state index is 0.151. The molecule has 0 radical (unpaired) electrons. The lowest BCUT2D eigenvalue weighted by Gasteiger charge is -2.22. The average Bonchev–Trinajstić information content (AvgIpc) is 2.41. The van der Waals surface area contributed by atoms with E-state index in [1.165, 1.54) is 16.7 Å². The molecule has 0 unspecified atom stereocenters. The third kappa shape index (κ3) is 3.57. The third-order valence-electron chi connectivity index (χ3n) is 4.26. The molecule has 2 N–H and O–H groups in total. The number of carbonyl (C=O) groups is 1. The molecular weight excluding hydrogens is 236 g/mol. The maximum Gasteiger partial charge on any atom is 0.224 e. The van der Waals surface area contributed by atoms with Gasteiger partial charge in [0.2, 0.25) is 5.91 Å². The molecule has 1 fully saturated rings. The zero-order valence-corrected chi connectivity index (χ0v) is 12.2. The number of hydrogen-bond donors (Lipinski definition) is 2. The van der Waals surface area contributed by atoms with Crippen molar-refractivity contribution in [3.8, 4) is 0 Å². The normalized spacial score (nSPS) is 16.4. The first-order valence-corrected chi connectivity index (χ1v) is 7.15. The molecule has 1 aliphatic heterocycles. The maximum atomic E-state index is 12.1. The molecule has 3 nitrogen and oxygen atoms in total. The number of piperidine rings is 1. The molecule has 1 aliphatic rings. The van der Waals surface area contributed by atoms with E-state index in [1.807, 2.05) is 6.07 Å². The molecule has 19 heavy (non-hydrogen) atoms. The second-order valence-corrected chi connectivity index (χ2v) is 5.63. The second kappa shape index (κ2) is 6.20. The summed E-state index contributed by atoms with van der Waals surface area (Å²) in [6.45, 7) is 8.36. The third-order valence-corrected chi connectivity index (χ3v) is 4.26. The fourth-order valence-electron chi connectivity index (χ4n) is 2.64. The van der Waals surface area contributed by atoms with Crippen LogP contribution in [-0.2, 0) is 4.79 Å². The van der Waals surface area contributed by atoms with Gasteiger partial charge in [-0.15, -0.1) is 0 Å². The van der Waals surface area contributed by atoms with Crippen LogP contribution in [0.1, 0.15) is 36.0 Å². The Kier molecular flexibility index (Phi) is 4.59. The van der Waals surface area contributed by atoms with E-state index >= 15 is 0 Å². The van der Waals surface area contributed by atoms with Gasteiger partial charge in [0, 0.05) is 12.1 Å². The lowest BCUT2D eigenvalue weighted by molar-refractivity contribution is -0.117. The quantitative estimate of drug-likeness (QED) is 0.877. The Hall–Kier alpha value is -1.35. The van der Waals surface area contributed by atoms with Crippen LogP contribution in [0.3, 0.4) is 0 Å². The van der Waals surface area contributed by atoms with Crippen LogP contribution in [0.2, 0.25) is 0 Å². The lowest BCUT2D eigenvalue weighted by Crippen LogP contribution is -2.30. The number of benzene rings is 1. The Balaban J connectivity index is 1.97.